The van der Waals surface area contributed by atoms with Gasteiger partial charge < -0.3 is 5.32 Å². The predicted octanol–water partition coefficient (Wildman–Crippen LogP) is 5.58. The van der Waals surface area contributed by atoms with E-state index in [1.807, 2.05) is 41.1 Å². The first-order valence-corrected chi connectivity index (χ1v) is 8.75. The van der Waals surface area contributed by atoms with Crippen molar-refractivity contribution < 1.29 is 0 Å². The molecule has 0 fully saturated rings. The van der Waals surface area contributed by atoms with Crippen LogP contribution in [0.15, 0.2) is 46.9 Å². The van der Waals surface area contributed by atoms with Crippen LogP contribution in [-0.4, -0.2) is 16.3 Å². The summed E-state index contributed by atoms with van der Waals surface area (Å²) in [5.41, 5.74) is 4.01. The summed E-state index contributed by atoms with van der Waals surface area (Å²) in [6.07, 6.45) is 0.928. The molecule has 0 spiro atoms. The van der Waals surface area contributed by atoms with Crippen LogP contribution in [-0.2, 0) is 6.42 Å². The first-order chi connectivity index (χ1) is 11.1. The van der Waals surface area contributed by atoms with E-state index in [1.165, 1.54) is 5.56 Å². The zero-order valence-corrected chi connectivity index (χ0v) is 15.1. The molecule has 0 saturated carbocycles. The maximum absolute atomic E-state index is 6.38. The summed E-state index contributed by atoms with van der Waals surface area (Å²) in [6.45, 7) is 0.902. The van der Waals surface area contributed by atoms with E-state index in [4.69, 9.17) is 28.3 Å². The van der Waals surface area contributed by atoms with Crippen LogP contribution in [0.2, 0.25) is 10.0 Å². The Bertz CT molecular complexity index is 905. The molecule has 0 atom stereocenters. The third-order valence-electron chi connectivity index (χ3n) is 3.89. The molecule has 116 valence electrons. The molecule has 2 aromatic carbocycles. The van der Waals surface area contributed by atoms with Crippen molar-refractivity contribution in [2.24, 2.45) is 0 Å². The summed E-state index contributed by atoms with van der Waals surface area (Å²) in [5, 5.41) is 9.48. The molecule has 6 heteroatoms. The van der Waals surface area contributed by atoms with Gasteiger partial charge in [0, 0.05) is 27.2 Å². The van der Waals surface area contributed by atoms with E-state index in [1.54, 1.807) is 6.07 Å². The van der Waals surface area contributed by atoms with Gasteiger partial charge in [0.05, 0.1) is 16.4 Å². The number of nitrogens with zero attached hydrogens (tertiary/aromatic N) is 2. The number of hydrogen-bond donors (Lipinski definition) is 1. The molecule has 0 bridgehead atoms. The van der Waals surface area contributed by atoms with E-state index >= 15 is 0 Å². The fourth-order valence-corrected chi connectivity index (χ4v) is 3.75. The smallest absolute Gasteiger partial charge is 0.133 e. The Morgan fingerprint density at radius 3 is 2.78 bits per heavy atom. The highest BCUT2D eigenvalue weighted by molar-refractivity contribution is 9.10. The van der Waals surface area contributed by atoms with Crippen molar-refractivity contribution in [3.63, 3.8) is 0 Å². The standard InChI is InChI=1S/C17H12BrCl2N3/c18-10-2-1-3-12(8-10)23-17-14(6-7-21-17)16(22-23)13-5-4-11(19)9-15(13)20/h1-5,8-9,21H,6-7H2. The van der Waals surface area contributed by atoms with Crippen LogP contribution in [0.25, 0.3) is 16.9 Å². The molecule has 1 aliphatic heterocycles. The topological polar surface area (TPSA) is 29.9 Å². The number of aromatic nitrogens is 2. The van der Waals surface area contributed by atoms with Crippen LogP contribution >= 0.6 is 39.1 Å². The molecule has 23 heavy (non-hydrogen) atoms. The lowest BCUT2D eigenvalue weighted by Crippen LogP contribution is -2.04. The number of rotatable bonds is 2. The minimum absolute atomic E-state index is 0.617. The summed E-state index contributed by atoms with van der Waals surface area (Å²) in [5.74, 6) is 1.03. The zero-order chi connectivity index (χ0) is 16.0. The van der Waals surface area contributed by atoms with Crippen LogP contribution in [0, 0.1) is 0 Å². The van der Waals surface area contributed by atoms with E-state index in [-0.39, 0.29) is 0 Å². The van der Waals surface area contributed by atoms with Gasteiger partial charge in [0.1, 0.15) is 5.82 Å². The second-order valence-corrected chi connectivity index (χ2v) is 7.13. The minimum atomic E-state index is 0.617. The maximum atomic E-state index is 6.38. The lowest BCUT2D eigenvalue weighted by atomic mass is 10.1. The van der Waals surface area contributed by atoms with Gasteiger partial charge >= 0.3 is 0 Å². The van der Waals surface area contributed by atoms with Gasteiger partial charge in [-0.05, 0) is 42.8 Å². The molecule has 0 radical (unpaired) electrons. The Morgan fingerprint density at radius 1 is 1.13 bits per heavy atom. The van der Waals surface area contributed by atoms with Crippen molar-refractivity contribution >= 4 is 44.9 Å². The summed E-state index contributed by atoms with van der Waals surface area (Å²) in [7, 11) is 0. The molecule has 3 aromatic rings. The summed E-state index contributed by atoms with van der Waals surface area (Å²) in [4.78, 5) is 0. The molecule has 0 amide bonds. The lowest BCUT2D eigenvalue weighted by molar-refractivity contribution is 0.882. The predicted molar refractivity (Wildman–Crippen MR) is 98.9 cm³/mol. The molecular formula is C17H12BrCl2N3. The Labute approximate surface area is 152 Å². The van der Waals surface area contributed by atoms with E-state index in [0.29, 0.717) is 10.0 Å². The zero-order valence-electron chi connectivity index (χ0n) is 12.0. The van der Waals surface area contributed by atoms with E-state index < -0.39 is 0 Å². The summed E-state index contributed by atoms with van der Waals surface area (Å²) >= 11 is 15.9. The summed E-state index contributed by atoms with van der Waals surface area (Å²) < 4.78 is 2.95. The van der Waals surface area contributed by atoms with Crippen LogP contribution in [0.5, 0.6) is 0 Å². The van der Waals surface area contributed by atoms with Gasteiger partial charge in [-0.2, -0.15) is 5.10 Å². The Balaban J connectivity index is 1.91. The highest BCUT2D eigenvalue weighted by Gasteiger charge is 2.25. The fraction of sp³-hybridized carbons (Fsp3) is 0.118. The van der Waals surface area contributed by atoms with Crippen molar-refractivity contribution in [2.45, 2.75) is 6.42 Å². The highest BCUT2D eigenvalue weighted by Crippen LogP contribution is 2.38. The molecule has 0 unspecified atom stereocenters. The number of benzene rings is 2. The number of anilines is 1. The Morgan fingerprint density at radius 2 is 2.00 bits per heavy atom. The van der Waals surface area contributed by atoms with E-state index in [0.717, 1.165) is 40.2 Å². The van der Waals surface area contributed by atoms with Crippen LogP contribution < -0.4 is 5.32 Å². The van der Waals surface area contributed by atoms with Gasteiger partial charge in [0.2, 0.25) is 0 Å². The second kappa shape index (κ2) is 5.86. The number of halogens is 3. The molecule has 3 nitrogen and oxygen atoms in total. The van der Waals surface area contributed by atoms with Gasteiger partial charge in [0.15, 0.2) is 0 Å². The minimum Gasteiger partial charge on any atom is -0.369 e. The molecule has 0 aliphatic carbocycles. The molecule has 1 N–H and O–H groups in total. The van der Waals surface area contributed by atoms with Crippen LogP contribution in [0.1, 0.15) is 5.56 Å². The highest BCUT2D eigenvalue weighted by atomic mass is 79.9. The molecule has 1 aliphatic rings. The number of fused-ring (bicyclic) bond motifs is 1. The average molecular weight is 409 g/mol. The Kier molecular flexibility index (Phi) is 3.84. The third-order valence-corrected chi connectivity index (χ3v) is 4.93. The monoisotopic (exact) mass is 407 g/mol. The van der Waals surface area contributed by atoms with Gasteiger partial charge in [-0.25, -0.2) is 4.68 Å². The number of nitrogens with one attached hydrogen (secondary N) is 1. The maximum Gasteiger partial charge on any atom is 0.133 e. The fourth-order valence-electron chi connectivity index (χ4n) is 2.87. The Hall–Kier alpha value is -1.49. The first kappa shape index (κ1) is 15.1. The second-order valence-electron chi connectivity index (χ2n) is 5.37. The lowest BCUT2D eigenvalue weighted by Gasteiger charge is -2.07. The third kappa shape index (κ3) is 2.65. The summed E-state index contributed by atoms with van der Waals surface area (Å²) in [6, 6.07) is 13.6. The van der Waals surface area contributed by atoms with Gasteiger partial charge in [0.25, 0.3) is 0 Å². The normalized spacial score (nSPS) is 13.0. The molecular weight excluding hydrogens is 397 g/mol. The molecule has 4 rings (SSSR count). The first-order valence-electron chi connectivity index (χ1n) is 7.20. The van der Waals surface area contributed by atoms with Crippen LogP contribution in [0.4, 0.5) is 5.82 Å². The van der Waals surface area contributed by atoms with Gasteiger partial charge in [-0.3, -0.25) is 0 Å². The molecule has 1 aromatic heterocycles. The average Bonchev–Trinajstić information content (AvgIpc) is 3.10. The van der Waals surface area contributed by atoms with Crippen molar-refractivity contribution in [1.29, 1.82) is 0 Å². The largest absolute Gasteiger partial charge is 0.369 e. The SMILES string of the molecule is Clc1ccc(-c2nn(-c3cccc(Br)c3)c3c2CCN3)c(Cl)c1. The van der Waals surface area contributed by atoms with Crippen molar-refractivity contribution in [3.8, 4) is 16.9 Å². The van der Waals surface area contributed by atoms with Gasteiger partial charge in [-0.1, -0.05) is 45.2 Å². The van der Waals surface area contributed by atoms with E-state index in [9.17, 15) is 0 Å². The molecule has 2 heterocycles. The number of hydrogen-bond acceptors (Lipinski definition) is 2. The van der Waals surface area contributed by atoms with E-state index in [2.05, 4.69) is 21.2 Å². The van der Waals surface area contributed by atoms with Crippen LogP contribution in [0.3, 0.4) is 0 Å². The van der Waals surface area contributed by atoms with Crippen molar-refractivity contribution in [2.75, 3.05) is 11.9 Å². The van der Waals surface area contributed by atoms with Gasteiger partial charge in [-0.15, -0.1) is 0 Å². The molecule has 0 saturated heterocycles. The van der Waals surface area contributed by atoms with Crippen molar-refractivity contribution in [1.82, 2.24) is 9.78 Å². The van der Waals surface area contributed by atoms with Crippen molar-refractivity contribution in [3.05, 3.63) is 62.5 Å². The quantitative estimate of drug-likeness (QED) is 0.600.